The van der Waals surface area contributed by atoms with Crippen LogP contribution in [0.2, 0.25) is 0 Å². The molecule has 1 aliphatic rings. The minimum Gasteiger partial charge on any atom is -0.444 e. The fraction of sp³-hybridized carbons (Fsp3) is 0.923. The van der Waals surface area contributed by atoms with Crippen molar-refractivity contribution in [3.63, 3.8) is 0 Å². The summed E-state index contributed by atoms with van der Waals surface area (Å²) in [5.74, 6) is 0. The largest absolute Gasteiger partial charge is 0.444 e. The zero-order chi connectivity index (χ0) is 14.5. The number of rotatable bonds is 5. The number of aliphatic hydroxyl groups is 2. The third-order valence-electron chi connectivity index (χ3n) is 3.09. The fourth-order valence-electron chi connectivity index (χ4n) is 2.10. The van der Waals surface area contributed by atoms with Crippen LogP contribution in [-0.2, 0) is 4.74 Å². The lowest BCUT2D eigenvalue weighted by Crippen LogP contribution is -2.47. The van der Waals surface area contributed by atoms with Crippen LogP contribution < -0.4 is 5.32 Å². The van der Waals surface area contributed by atoms with Gasteiger partial charge in [-0.05, 0) is 33.6 Å². The van der Waals surface area contributed by atoms with Gasteiger partial charge >= 0.3 is 6.09 Å². The minimum absolute atomic E-state index is 0.0652. The highest BCUT2D eigenvalue weighted by atomic mass is 16.6. The van der Waals surface area contributed by atoms with E-state index >= 15 is 0 Å². The van der Waals surface area contributed by atoms with Crippen LogP contribution in [-0.4, -0.2) is 65.2 Å². The molecule has 1 heterocycles. The Labute approximate surface area is 114 Å². The van der Waals surface area contributed by atoms with Crippen LogP contribution in [0.1, 0.15) is 33.6 Å². The van der Waals surface area contributed by atoms with Crippen molar-refractivity contribution < 1.29 is 19.7 Å². The molecule has 1 aliphatic heterocycles. The summed E-state index contributed by atoms with van der Waals surface area (Å²) in [6.45, 7) is 6.58. The highest BCUT2D eigenvalue weighted by molar-refractivity contribution is 5.69. The number of likely N-dealkylation sites (tertiary alicyclic amines) is 1. The van der Waals surface area contributed by atoms with Gasteiger partial charge in [-0.1, -0.05) is 0 Å². The lowest BCUT2D eigenvalue weighted by Gasteiger charge is -2.29. The number of ether oxygens (including phenoxy) is 1. The molecule has 1 saturated heterocycles. The summed E-state index contributed by atoms with van der Waals surface area (Å²) >= 11 is 0. The maximum Gasteiger partial charge on any atom is 0.410 e. The van der Waals surface area contributed by atoms with Crippen LogP contribution in [0.15, 0.2) is 0 Å². The fourth-order valence-corrected chi connectivity index (χ4v) is 2.10. The average molecular weight is 274 g/mol. The summed E-state index contributed by atoms with van der Waals surface area (Å²) in [4.78, 5) is 13.8. The molecule has 0 spiro atoms. The molecule has 3 N–H and O–H groups in total. The minimum atomic E-state index is -0.490. The molecule has 1 atom stereocenters. The van der Waals surface area contributed by atoms with Crippen LogP contribution in [0.4, 0.5) is 4.79 Å². The SMILES string of the molecule is CC(C)(C)OC(=O)N1CCCC1CNC(CO)CO. The van der Waals surface area contributed by atoms with Gasteiger partial charge in [-0.25, -0.2) is 4.79 Å². The highest BCUT2D eigenvalue weighted by Crippen LogP contribution is 2.20. The molecule has 1 fully saturated rings. The first-order chi connectivity index (χ1) is 8.87. The first-order valence-electron chi connectivity index (χ1n) is 6.82. The number of hydrogen-bond donors (Lipinski definition) is 3. The van der Waals surface area contributed by atoms with E-state index in [1.54, 1.807) is 4.90 Å². The van der Waals surface area contributed by atoms with Gasteiger partial charge in [0, 0.05) is 19.1 Å². The van der Waals surface area contributed by atoms with E-state index in [4.69, 9.17) is 14.9 Å². The van der Waals surface area contributed by atoms with Crippen LogP contribution in [0.25, 0.3) is 0 Å². The number of nitrogens with one attached hydrogen (secondary N) is 1. The van der Waals surface area contributed by atoms with Crippen molar-refractivity contribution in [2.24, 2.45) is 0 Å². The smallest absolute Gasteiger partial charge is 0.410 e. The standard InChI is InChI=1S/C13H26N2O4/c1-13(2,3)19-12(18)15-6-4-5-11(15)7-14-10(8-16)9-17/h10-11,14,16-17H,4-9H2,1-3H3. The van der Waals surface area contributed by atoms with E-state index in [2.05, 4.69) is 5.32 Å². The molecule has 6 heteroatoms. The summed E-state index contributed by atoms with van der Waals surface area (Å²) in [5, 5.41) is 21.1. The summed E-state index contributed by atoms with van der Waals surface area (Å²) in [7, 11) is 0. The molecule has 0 aliphatic carbocycles. The third kappa shape index (κ3) is 5.34. The quantitative estimate of drug-likeness (QED) is 0.673. The Morgan fingerprint density at radius 2 is 2.05 bits per heavy atom. The second-order valence-electron chi connectivity index (χ2n) is 5.94. The van der Waals surface area contributed by atoms with Crippen molar-refractivity contribution in [3.05, 3.63) is 0 Å². The average Bonchev–Trinajstić information content (AvgIpc) is 2.76. The van der Waals surface area contributed by atoms with Gasteiger partial charge in [0.1, 0.15) is 5.60 Å². The molecule has 1 amide bonds. The molecule has 19 heavy (non-hydrogen) atoms. The number of carbonyl (C=O) groups excluding carboxylic acids is 1. The van der Waals surface area contributed by atoms with Gasteiger partial charge in [0.05, 0.1) is 19.3 Å². The molecule has 0 bridgehead atoms. The van der Waals surface area contributed by atoms with E-state index in [-0.39, 0.29) is 31.4 Å². The van der Waals surface area contributed by atoms with Gasteiger partial charge in [0.25, 0.3) is 0 Å². The van der Waals surface area contributed by atoms with Crippen LogP contribution >= 0.6 is 0 Å². The van der Waals surface area contributed by atoms with E-state index < -0.39 is 5.60 Å². The van der Waals surface area contributed by atoms with Gasteiger partial charge in [-0.3, -0.25) is 0 Å². The van der Waals surface area contributed by atoms with Crippen LogP contribution in [0.5, 0.6) is 0 Å². The Balaban J connectivity index is 2.47. The van der Waals surface area contributed by atoms with Crippen molar-refractivity contribution in [1.29, 1.82) is 0 Å². The second-order valence-corrected chi connectivity index (χ2v) is 5.94. The van der Waals surface area contributed by atoms with Crippen LogP contribution in [0.3, 0.4) is 0 Å². The van der Waals surface area contributed by atoms with Gasteiger partial charge in [0.15, 0.2) is 0 Å². The Morgan fingerprint density at radius 1 is 1.42 bits per heavy atom. The molecule has 6 nitrogen and oxygen atoms in total. The number of hydrogen-bond acceptors (Lipinski definition) is 5. The van der Waals surface area contributed by atoms with Crippen LogP contribution in [0, 0.1) is 0 Å². The molecule has 1 rings (SSSR count). The van der Waals surface area contributed by atoms with E-state index in [0.717, 1.165) is 12.8 Å². The molecule has 1 unspecified atom stereocenters. The lowest BCUT2D eigenvalue weighted by molar-refractivity contribution is 0.0222. The zero-order valence-electron chi connectivity index (χ0n) is 12.1. The van der Waals surface area contributed by atoms with E-state index in [9.17, 15) is 4.79 Å². The predicted molar refractivity (Wildman–Crippen MR) is 71.9 cm³/mol. The van der Waals surface area contributed by atoms with Crippen molar-refractivity contribution in [2.45, 2.75) is 51.3 Å². The maximum absolute atomic E-state index is 12.0. The van der Waals surface area contributed by atoms with Gasteiger partial charge in [-0.15, -0.1) is 0 Å². The predicted octanol–water partition coefficient (Wildman–Crippen LogP) is 0.329. The molecule has 0 aromatic heterocycles. The molecule has 0 aromatic rings. The lowest BCUT2D eigenvalue weighted by atomic mass is 10.2. The summed E-state index contributed by atoms with van der Waals surface area (Å²) in [5.41, 5.74) is -0.490. The van der Waals surface area contributed by atoms with Crippen molar-refractivity contribution in [1.82, 2.24) is 10.2 Å². The zero-order valence-corrected chi connectivity index (χ0v) is 12.1. The molecule has 0 saturated carbocycles. The Bertz CT molecular complexity index is 287. The number of aliphatic hydroxyl groups excluding tert-OH is 2. The third-order valence-corrected chi connectivity index (χ3v) is 3.09. The Hall–Kier alpha value is -0.850. The summed E-state index contributed by atoms with van der Waals surface area (Å²) in [6.07, 6.45) is 1.57. The van der Waals surface area contributed by atoms with Crippen molar-refractivity contribution in [3.8, 4) is 0 Å². The normalized spacial score (nSPS) is 20.1. The first-order valence-corrected chi connectivity index (χ1v) is 6.82. The molecular weight excluding hydrogens is 248 g/mol. The number of nitrogens with zero attached hydrogens (tertiary/aromatic N) is 1. The molecule has 112 valence electrons. The highest BCUT2D eigenvalue weighted by Gasteiger charge is 2.32. The number of carbonyl (C=O) groups is 1. The first kappa shape index (κ1) is 16.2. The second kappa shape index (κ2) is 7.07. The van der Waals surface area contributed by atoms with E-state index in [0.29, 0.717) is 13.1 Å². The monoisotopic (exact) mass is 274 g/mol. The van der Waals surface area contributed by atoms with Gasteiger partial charge in [0.2, 0.25) is 0 Å². The topological polar surface area (TPSA) is 82.0 Å². The van der Waals surface area contributed by atoms with E-state index in [1.807, 2.05) is 20.8 Å². The van der Waals surface area contributed by atoms with Gasteiger partial charge in [-0.2, -0.15) is 0 Å². The van der Waals surface area contributed by atoms with Crippen molar-refractivity contribution >= 4 is 6.09 Å². The maximum atomic E-state index is 12.0. The molecule has 0 aromatic carbocycles. The Morgan fingerprint density at radius 3 is 2.58 bits per heavy atom. The van der Waals surface area contributed by atoms with E-state index in [1.165, 1.54) is 0 Å². The summed E-state index contributed by atoms with van der Waals surface area (Å²) < 4.78 is 5.37. The molecule has 0 radical (unpaired) electrons. The van der Waals surface area contributed by atoms with Crippen molar-refractivity contribution in [2.75, 3.05) is 26.3 Å². The molecular formula is C13H26N2O4. The Kier molecular flexibility index (Phi) is 6.03. The number of amides is 1. The van der Waals surface area contributed by atoms with Gasteiger partial charge < -0.3 is 25.2 Å². The summed E-state index contributed by atoms with van der Waals surface area (Å²) in [6, 6.07) is -0.267.